The summed E-state index contributed by atoms with van der Waals surface area (Å²) in [6, 6.07) is 5.43. The predicted octanol–water partition coefficient (Wildman–Crippen LogP) is 5.10. The van der Waals surface area contributed by atoms with E-state index in [4.69, 9.17) is 0 Å². The van der Waals surface area contributed by atoms with Crippen molar-refractivity contribution in [1.82, 2.24) is 5.32 Å². The summed E-state index contributed by atoms with van der Waals surface area (Å²) >= 11 is 0. The Morgan fingerprint density at radius 1 is 1.20 bits per heavy atom. The molecule has 1 rings (SSSR count). The predicted molar refractivity (Wildman–Crippen MR) is 76.5 cm³/mol. The first-order valence-electron chi connectivity index (χ1n) is 6.95. The van der Waals surface area contributed by atoms with Gasteiger partial charge in [0.15, 0.2) is 0 Å². The number of nitrogens with one attached hydrogen (secondary N) is 1. The van der Waals surface area contributed by atoms with Gasteiger partial charge in [-0.3, -0.25) is 0 Å². The van der Waals surface area contributed by atoms with Crippen LogP contribution in [0.1, 0.15) is 50.3 Å². The summed E-state index contributed by atoms with van der Waals surface area (Å²) in [6.45, 7) is 8.91. The van der Waals surface area contributed by atoms with Crippen molar-refractivity contribution in [3.05, 3.63) is 47.5 Å². The fourth-order valence-corrected chi connectivity index (χ4v) is 1.96. The van der Waals surface area contributed by atoms with Crippen LogP contribution < -0.4 is 5.32 Å². The van der Waals surface area contributed by atoms with Crippen LogP contribution in [0.4, 0.5) is 13.2 Å². The van der Waals surface area contributed by atoms with Crippen LogP contribution in [0.3, 0.4) is 0 Å². The Labute approximate surface area is 118 Å². The number of hydrogen-bond donors (Lipinski definition) is 1. The number of halogens is 3. The molecule has 0 aliphatic heterocycles. The third kappa shape index (κ3) is 5.00. The van der Waals surface area contributed by atoms with Crippen LogP contribution in [-0.4, -0.2) is 6.54 Å². The largest absolute Gasteiger partial charge is 0.416 e. The Balaban J connectivity index is 2.87. The van der Waals surface area contributed by atoms with Gasteiger partial charge in [-0.1, -0.05) is 38.1 Å². The van der Waals surface area contributed by atoms with Crippen molar-refractivity contribution in [3.63, 3.8) is 0 Å². The lowest BCUT2D eigenvalue weighted by Crippen LogP contribution is -2.22. The summed E-state index contributed by atoms with van der Waals surface area (Å²) in [5.74, 6) is 0. The van der Waals surface area contributed by atoms with Crippen LogP contribution in [0, 0.1) is 0 Å². The molecule has 0 saturated carbocycles. The van der Waals surface area contributed by atoms with Gasteiger partial charge >= 0.3 is 6.18 Å². The molecule has 0 aliphatic rings. The van der Waals surface area contributed by atoms with Gasteiger partial charge in [-0.2, -0.15) is 13.2 Å². The molecule has 0 fully saturated rings. The lowest BCUT2D eigenvalue weighted by atomic mass is 9.97. The zero-order valence-electron chi connectivity index (χ0n) is 12.1. The number of alkyl halides is 3. The van der Waals surface area contributed by atoms with E-state index >= 15 is 0 Å². The van der Waals surface area contributed by atoms with Crippen LogP contribution in [0.5, 0.6) is 0 Å². The highest BCUT2D eigenvalue weighted by Crippen LogP contribution is 2.30. The van der Waals surface area contributed by atoms with Crippen molar-refractivity contribution in [1.29, 1.82) is 0 Å². The SMILES string of the molecule is C=C(CC)CC(NCCC)c1ccc(C(F)(F)F)cc1. The Morgan fingerprint density at radius 3 is 2.25 bits per heavy atom. The van der Waals surface area contributed by atoms with E-state index in [9.17, 15) is 13.2 Å². The van der Waals surface area contributed by atoms with Gasteiger partial charge in [0.05, 0.1) is 5.56 Å². The van der Waals surface area contributed by atoms with E-state index in [-0.39, 0.29) is 6.04 Å². The van der Waals surface area contributed by atoms with Gasteiger partial charge in [0.1, 0.15) is 0 Å². The second-order valence-electron chi connectivity index (χ2n) is 4.93. The highest BCUT2D eigenvalue weighted by molar-refractivity contribution is 5.27. The molecule has 0 aromatic heterocycles. The molecule has 0 bridgehead atoms. The minimum Gasteiger partial charge on any atom is -0.310 e. The van der Waals surface area contributed by atoms with Gasteiger partial charge in [0, 0.05) is 6.04 Å². The van der Waals surface area contributed by atoms with Crippen molar-refractivity contribution in [2.45, 2.75) is 45.3 Å². The summed E-state index contributed by atoms with van der Waals surface area (Å²) in [7, 11) is 0. The Morgan fingerprint density at radius 2 is 1.80 bits per heavy atom. The van der Waals surface area contributed by atoms with Crippen molar-refractivity contribution in [2.24, 2.45) is 0 Å². The molecule has 0 radical (unpaired) electrons. The maximum atomic E-state index is 12.6. The zero-order valence-corrected chi connectivity index (χ0v) is 12.1. The van der Waals surface area contributed by atoms with Crippen LogP contribution >= 0.6 is 0 Å². The molecule has 1 atom stereocenters. The average molecular weight is 285 g/mol. The van der Waals surface area contributed by atoms with Gasteiger partial charge in [0.25, 0.3) is 0 Å². The smallest absolute Gasteiger partial charge is 0.310 e. The molecule has 0 aliphatic carbocycles. The average Bonchev–Trinajstić information content (AvgIpc) is 2.42. The number of benzene rings is 1. The number of hydrogen-bond acceptors (Lipinski definition) is 1. The molecule has 20 heavy (non-hydrogen) atoms. The second-order valence-corrected chi connectivity index (χ2v) is 4.93. The first kappa shape index (κ1) is 16.8. The number of rotatable bonds is 7. The normalized spacial score (nSPS) is 13.2. The van der Waals surface area contributed by atoms with Crippen molar-refractivity contribution < 1.29 is 13.2 Å². The standard InChI is InChI=1S/C16H22F3N/c1-4-10-20-15(11-12(3)5-2)13-6-8-14(9-7-13)16(17,18)19/h6-9,15,20H,3-5,10-11H2,1-2H3. The third-order valence-corrected chi connectivity index (χ3v) is 3.27. The molecular formula is C16H22F3N. The monoisotopic (exact) mass is 285 g/mol. The molecule has 0 heterocycles. The molecule has 1 nitrogen and oxygen atoms in total. The molecule has 0 amide bonds. The van der Waals surface area contributed by atoms with Crippen LogP contribution in [0.2, 0.25) is 0 Å². The summed E-state index contributed by atoms with van der Waals surface area (Å²) in [4.78, 5) is 0. The van der Waals surface area contributed by atoms with E-state index in [0.29, 0.717) is 0 Å². The van der Waals surface area contributed by atoms with Crippen LogP contribution in [0.25, 0.3) is 0 Å². The Kier molecular flexibility index (Phi) is 6.27. The fraction of sp³-hybridized carbons (Fsp3) is 0.500. The summed E-state index contributed by atoms with van der Waals surface area (Å²) in [6.07, 6.45) is -1.67. The van der Waals surface area contributed by atoms with Crippen LogP contribution in [0.15, 0.2) is 36.4 Å². The zero-order chi connectivity index (χ0) is 15.2. The lowest BCUT2D eigenvalue weighted by Gasteiger charge is -2.20. The van der Waals surface area contributed by atoms with Gasteiger partial charge in [-0.25, -0.2) is 0 Å². The molecule has 1 N–H and O–H groups in total. The minimum absolute atomic E-state index is 0.0321. The fourth-order valence-electron chi connectivity index (χ4n) is 1.96. The summed E-state index contributed by atoms with van der Waals surface area (Å²) in [5, 5.41) is 3.37. The van der Waals surface area contributed by atoms with Crippen molar-refractivity contribution >= 4 is 0 Å². The van der Waals surface area contributed by atoms with E-state index in [0.717, 1.165) is 49.1 Å². The topological polar surface area (TPSA) is 12.0 Å². The first-order chi connectivity index (χ1) is 9.38. The van der Waals surface area contributed by atoms with E-state index < -0.39 is 11.7 Å². The second kappa shape index (κ2) is 7.48. The van der Waals surface area contributed by atoms with E-state index in [1.165, 1.54) is 0 Å². The maximum absolute atomic E-state index is 12.6. The highest BCUT2D eigenvalue weighted by atomic mass is 19.4. The quantitative estimate of drug-likeness (QED) is 0.687. The van der Waals surface area contributed by atoms with E-state index in [1.807, 2.05) is 6.92 Å². The van der Waals surface area contributed by atoms with E-state index in [2.05, 4.69) is 18.8 Å². The van der Waals surface area contributed by atoms with Gasteiger partial charge in [-0.05, 0) is 43.5 Å². The minimum atomic E-state index is -4.28. The van der Waals surface area contributed by atoms with Gasteiger partial charge in [-0.15, -0.1) is 0 Å². The van der Waals surface area contributed by atoms with Crippen LogP contribution in [-0.2, 0) is 6.18 Å². The first-order valence-corrected chi connectivity index (χ1v) is 6.95. The lowest BCUT2D eigenvalue weighted by molar-refractivity contribution is -0.137. The third-order valence-electron chi connectivity index (χ3n) is 3.27. The highest BCUT2D eigenvalue weighted by Gasteiger charge is 2.30. The maximum Gasteiger partial charge on any atom is 0.416 e. The van der Waals surface area contributed by atoms with E-state index in [1.54, 1.807) is 12.1 Å². The molecule has 112 valence electrons. The summed E-state index contributed by atoms with van der Waals surface area (Å²) in [5.41, 5.74) is 1.37. The van der Waals surface area contributed by atoms with Gasteiger partial charge in [0.2, 0.25) is 0 Å². The molecule has 1 aromatic rings. The molecule has 1 aromatic carbocycles. The Bertz CT molecular complexity index is 420. The molecular weight excluding hydrogens is 263 g/mol. The van der Waals surface area contributed by atoms with Crippen molar-refractivity contribution in [2.75, 3.05) is 6.54 Å². The Hall–Kier alpha value is -1.29. The molecule has 1 unspecified atom stereocenters. The summed E-state index contributed by atoms with van der Waals surface area (Å²) < 4.78 is 37.7. The molecule has 0 spiro atoms. The molecule has 4 heteroatoms. The van der Waals surface area contributed by atoms with Crippen molar-refractivity contribution in [3.8, 4) is 0 Å². The molecule has 0 saturated heterocycles. The van der Waals surface area contributed by atoms with Gasteiger partial charge < -0.3 is 5.32 Å².